The number of nitrogens with zero attached hydrogens (tertiary/aromatic N) is 2. The Morgan fingerprint density at radius 1 is 1.16 bits per heavy atom. The first kappa shape index (κ1) is 15.4. The first-order valence-electron chi connectivity index (χ1n) is 8.35. The molecule has 0 atom stereocenters. The summed E-state index contributed by atoms with van der Waals surface area (Å²) in [5.74, 6) is 1.53. The van der Waals surface area contributed by atoms with E-state index < -0.39 is 0 Å². The SMILES string of the molecule is COc1ccccc1C(=O)Nc1ccc(-c2cnc3n2CCC3)cc1. The molecule has 0 saturated heterocycles. The van der Waals surface area contributed by atoms with Gasteiger partial charge in [-0.2, -0.15) is 0 Å². The van der Waals surface area contributed by atoms with Crippen LogP contribution >= 0.6 is 0 Å². The summed E-state index contributed by atoms with van der Waals surface area (Å²) < 4.78 is 7.51. The minimum absolute atomic E-state index is 0.185. The molecular formula is C20H19N3O2. The standard InChI is InChI=1S/C20H19N3O2/c1-25-18-6-3-2-5-16(18)20(24)22-15-10-8-14(9-11-15)17-13-21-19-7-4-12-23(17)19/h2-3,5-6,8-11,13H,4,7,12H2,1H3,(H,22,24). The number of anilines is 1. The number of rotatable bonds is 4. The zero-order valence-corrected chi connectivity index (χ0v) is 14.0. The average molecular weight is 333 g/mol. The number of para-hydroxylation sites is 1. The van der Waals surface area contributed by atoms with Crippen LogP contribution in [0.1, 0.15) is 22.6 Å². The lowest BCUT2D eigenvalue weighted by Crippen LogP contribution is -2.13. The molecule has 4 rings (SSSR count). The van der Waals surface area contributed by atoms with Crippen LogP contribution < -0.4 is 10.1 Å². The fourth-order valence-corrected chi connectivity index (χ4v) is 3.24. The molecule has 1 aromatic heterocycles. The summed E-state index contributed by atoms with van der Waals surface area (Å²) in [7, 11) is 1.56. The zero-order valence-electron chi connectivity index (χ0n) is 14.0. The van der Waals surface area contributed by atoms with Crippen LogP contribution in [0.15, 0.2) is 54.7 Å². The number of aryl methyl sites for hydroxylation is 1. The molecule has 0 unspecified atom stereocenters. The number of fused-ring (bicyclic) bond motifs is 1. The van der Waals surface area contributed by atoms with E-state index in [4.69, 9.17) is 4.74 Å². The van der Waals surface area contributed by atoms with Crippen molar-refractivity contribution in [2.75, 3.05) is 12.4 Å². The van der Waals surface area contributed by atoms with Crippen molar-refractivity contribution in [2.45, 2.75) is 19.4 Å². The van der Waals surface area contributed by atoms with Gasteiger partial charge >= 0.3 is 0 Å². The fraction of sp³-hybridized carbons (Fsp3) is 0.200. The van der Waals surface area contributed by atoms with Crippen molar-refractivity contribution in [1.29, 1.82) is 0 Å². The third kappa shape index (κ3) is 2.89. The maximum absolute atomic E-state index is 12.5. The topological polar surface area (TPSA) is 56.1 Å². The minimum Gasteiger partial charge on any atom is -0.496 e. The van der Waals surface area contributed by atoms with E-state index in [0.29, 0.717) is 11.3 Å². The first-order valence-corrected chi connectivity index (χ1v) is 8.35. The molecule has 1 aliphatic rings. The van der Waals surface area contributed by atoms with E-state index in [1.807, 2.05) is 42.6 Å². The predicted molar refractivity (Wildman–Crippen MR) is 96.9 cm³/mol. The van der Waals surface area contributed by atoms with Crippen LogP contribution in [-0.4, -0.2) is 22.6 Å². The molecule has 1 aliphatic heterocycles. The quantitative estimate of drug-likeness (QED) is 0.791. The van der Waals surface area contributed by atoms with Crippen molar-refractivity contribution in [1.82, 2.24) is 9.55 Å². The molecule has 2 heterocycles. The molecule has 0 aliphatic carbocycles. The van der Waals surface area contributed by atoms with Crippen molar-refractivity contribution >= 4 is 11.6 Å². The highest BCUT2D eigenvalue weighted by molar-refractivity contribution is 6.06. The number of nitrogens with one attached hydrogen (secondary N) is 1. The lowest BCUT2D eigenvalue weighted by atomic mass is 10.1. The van der Waals surface area contributed by atoms with Crippen molar-refractivity contribution in [3.05, 3.63) is 66.1 Å². The number of aromatic nitrogens is 2. The number of hydrogen-bond donors (Lipinski definition) is 1. The van der Waals surface area contributed by atoms with Gasteiger partial charge in [0, 0.05) is 18.7 Å². The van der Waals surface area contributed by atoms with Crippen molar-refractivity contribution in [2.24, 2.45) is 0 Å². The van der Waals surface area contributed by atoms with Crippen LogP contribution in [0.2, 0.25) is 0 Å². The summed E-state index contributed by atoms with van der Waals surface area (Å²) in [4.78, 5) is 16.9. The molecule has 0 radical (unpaired) electrons. The summed E-state index contributed by atoms with van der Waals surface area (Å²) in [5.41, 5.74) is 3.51. The lowest BCUT2D eigenvalue weighted by molar-refractivity contribution is 0.102. The maximum Gasteiger partial charge on any atom is 0.259 e. The molecule has 0 saturated carbocycles. The smallest absolute Gasteiger partial charge is 0.259 e. The van der Waals surface area contributed by atoms with E-state index in [1.54, 1.807) is 19.2 Å². The third-order valence-electron chi connectivity index (χ3n) is 4.51. The summed E-state index contributed by atoms with van der Waals surface area (Å²) in [6.07, 6.45) is 4.13. The van der Waals surface area contributed by atoms with E-state index >= 15 is 0 Å². The van der Waals surface area contributed by atoms with E-state index in [1.165, 1.54) is 0 Å². The normalized spacial score (nSPS) is 12.7. The molecule has 0 spiro atoms. The van der Waals surface area contributed by atoms with Gasteiger partial charge in [-0.1, -0.05) is 24.3 Å². The number of carbonyl (C=O) groups excluding carboxylic acids is 1. The largest absolute Gasteiger partial charge is 0.496 e. The average Bonchev–Trinajstić information content (AvgIpc) is 3.26. The highest BCUT2D eigenvalue weighted by Gasteiger charge is 2.16. The molecule has 126 valence electrons. The number of hydrogen-bond acceptors (Lipinski definition) is 3. The Hall–Kier alpha value is -3.08. The number of imidazole rings is 1. The van der Waals surface area contributed by atoms with Crippen molar-refractivity contribution in [3.8, 4) is 17.0 Å². The summed E-state index contributed by atoms with van der Waals surface area (Å²) in [5, 5.41) is 2.92. The zero-order chi connectivity index (χ0) is 17.2. The van der Waals surface area contributed by atoms with Crippen LogP contribution in [0, 0.1) is 0 Å². The third-order valence-corrected chi connectivity index (χ3v) is 4.51. The van der Waals surface area contributed by atoms with Gasteiger partial charge in [-0.25, -0.2) is 4.98 Å². The van der Waals surface area contributed by atoms with Crippen LogP contribution in [0.4, 0.5) is 5.69 Å². The second kappa shape index (κ2) is 6.43. The monoisotopic (exact) mass is 333 g/mol. The van der Waals surface area contributed by atoms with Gasteiger partial charge in [0.05, 0.1) is 24.6 Å². The van der Waals surface area contributed by atoms with Crippen molar-refractivity contribution < 1.29 is 9.53 Å². The van der Waals surface area contributed by atoms with Crippen LogP contribution in [0.3, 0.4) is 0 Å². The Kier molecular flexibility index (Phi) is 3.98. The molecule has 1 amide bonds. The van der Waals surface area contributed by atoms with Gasteiger partial charge < -0.3 is 14.6 Å². The second-order valence-corrected chi connectivity index (χ2v) is 6.05. The Morgan fingerprint density at radius 2 is 1.96 bits per heavy atom. The van der Waals surface area contributed by atoms with E-state index in [2.05, 4.69) is 14.9 Å². The maximum atomic E-state index is 12.5. The fourth-order valence-electron chi connectivity index (χ4n) is 3.24. The van der Waals surface area contributed by atoms with Gasteiger partial charge in [-0.3, -0.25) is 4.79 Å². The number of ether oxygens (including phenoxy) is 1. The van der Waals surface area contributed by atoms with Gasteiger partial charge in [-0.05, 0) is 36.2 Å². The van der Waals surface area contributed by atoms with Gasteiger partial charge in [0.25, 0.3) is 5.91 Å². The molecule has 25 heavy (non-hydrogen) atoms. The summed E-state index contributed by atoms with van der Waals surface area (Å²) in [6, 6.07) is 15.0. The molecule has 0 fully saturated rings. The Bertz CT molecular complexity index is 913. The predicted octanol–water partition coefficient (Wildman–Crippen LogP) is 3.76. The highest BCUT2D eigenvalue weighted by atomic mass is 16.5. The lowest BCUT2D eigenvalue weighted by Gasteiger charge is -2.10. The molecule has 5 nitrogen and oxygen atoms in total. The number of amides is 1. The van der Waals surface area contributed by atoms with E-state index in [-0.39, 0.29) is 5.91 Å². The van der Waals surface area contributed by atoms with Crippen LogP contribution in [0.5, 0.6) is 5.75 Å². The highest BCUT2D eigenvalue weighted by Crippen LogP contribution is 2.27. The van der Waals surface area contributed by atoms with Gasteiger partial charge in [-0.15, -0.1) is 0 Å². The summed E-state index contributed by atoms with van der Waals surface area (Å²) in [6.45, 7) is 1.02. The number of benzene rings is 2. The molecule has 5 heteroatoms. The first-order chi connectivity index (χ1) is 12.3. The molecule has 1 N–H and O–H groups in total. The molecular weight excluding hydrogens is 314 g/mol. The molecule has 2 aromatic carbocycles. The van der Waals surface area contributed by atoms with Gasteiger partial charge in [0.1, 0.15) is 11.6 Å². The number of methoxy groups -OCH3 is 1. The van der Waals surface area contributed by atoms with Crippen LogP contribution in [0.25, 0.3) is 11.3 Å². The van der Waals surface area contributed by atoms with E-state index in [0.717, 1.165) is 42.2 Å². The summed E-state index contributed by atoms with van der Waals surface area (Å²) >= 11 is 0. The van der Waals surface area contributed by atoms with Gasteiger partial charge in [0.15, 0.2) is 0 Å². The molecule has 3 aromatic rings. The molecule has 0 bridgehead atoms. The number of carbonyl (C=O) groups is 1. The van der Waals surface area contributed by atoms with Crippen molar-refractivity contribution in [3.63, 3.8) is 0 Å². The van der Waals surface area contributed by atoms with Gasteiger partial charge in [0.2, 0.25) is 0 Å². The van der Waals surface area contributed by atoms with Crippen LogP contribution in [-0.2, 0) is 13.0 Å². The Labute approximate surface area is 146 Å². The minimum atomic E-state index is -0.185. The van der Waals surface area contributed by atoms with E-state index in [9.17, 15) is 4.79 Å². The Balaban J connectivity index is 1.53. The Morgan fingerprint density at radius 3 is 2.76 bits per heavy atom. The second-order valence-electron chi connectivity index (χ2n) is 6.05.